The van der Waals surface area contributed by atoms with Crippen molar-refractivity contribution in [2.75, 3.05) is 19.9 Å². The fraction of sp³-hybridized carbons (Fsp3) is 0.293. The van der Waals surface area contributed by atoms with Crippen molar-refractivity contribution in [3.8, 4) is 0 Å². The van der Waals surface area contributed by atoms with Gasteiger partial charge in [-0.2, -0.15) is 0 Å². The van der Waals surface area contributed by atoms with Crippen LogP contribution < -0.4 is 21.0 Å². The second kappa shape index (κ2) is 13.8. The minimum Gasteiger partial charge on any atom is -0.468 e. The summed E-state index contributed by atoms with van der Waals surface area (Å²) in [4.78, 5) is 13.4. The van der Waals surface area contributed by atoms with Crippen molar-refractivity contribution in [1.82, 2.24) is 0 Å². The highest BCUT2D eigenvalue weighted by Crippen LogP contribution is 2.50. The zero-order valence-electron chi connectivity index (χ0n) is 28.8. The third-order valence-electron chi connectivity index (χ3n) is 10.1. The van der Waals surface area contributed by atoms with Gasteiger partial charge in [-0.3, -0.25) is 4.79 Å². The van der Waals surface area contributed by atoms with Gasteiger partial charge in [0, 0.05) is 16.8 Å². The molecular formula is C41H45O6PSi. The SMILES string of the molecule is COC(=O)[C@@H]1C=C(C)[C@@H](O[Si](c2ccccc2)(c2ccccc2)C(C)(C)C)[C@H]2OC/C(=C\CP(=O)(c3ccccc3)c3ccccc3)[C@]21O. The second-order valence-electron chi connectivity index (χ2n) is 14.0. The smallest absolute Gasteiger partial charge is 0.315 e. The van der Waals surface area contributed by atoms with E-state index in [4.69, 9.17) is 13.9 Å². The van der Waals surface area contributed by atoms with Gasteiger partial charge in [0.1, 0.15) is 24.8 Å². The van der Waals surface area contributed by atoms with E-state index in [9.17, 15) is 14.5 Å². The van der Waals surface area contributed by atoms with Crippen molar-refractivity contribution in [2.24, 2.45) is 5.92 Å². The molecule has 0 spiro atoms. The third kappa shape index (κ3) is 6.13. The number of esters is 1. The Balaban J connectivity index is 1.48. The summed E-state index contributed by atoms with van der Waals surface area (Å²) in [5.74, 6) is -1.61. The molecule has 1 heterocycles. The highest BCUT2D eigenvalue weighted by atomic mass is 31.2. The summed E-state index contributed by atoms with van der Waals surface area (Å²) in [5, 5.41) is 16.2. The molecular weight excluding hydrogens is 648 g/mol. The van der Waals surface area contributed by atoms with Crippen LogP contribution in [0.4, 0.5) is 0 Å². The van der Waals surface area contributed by atoms with Crippen LogP contribution >= 0.6 is 7.14 Å². The van der Waals surface area contributed by atoms with E-state index in [1.165, 1.54) is 7.11 Å². The second-order valence-corrected chi connectivity index (χ2v) is 21.1. The number of rotatable bonds is 9. The zero-order valence-corrected chi connectivity index (χ0v) is 30.7. The lowest BCUT2D eigenvalue weighted by Crippen LogP contribution is -2.70. The molecule has 6 nitrogen and oxygen atoms in total. The Kier molecular flexibility index (Phi) is 9.87. The summed E-state index contributed by atoms with van der Waals surface area (Å²) >= 11 is 0. The number of benzene rings is 4. The summed E-state index contributed by atoms with van der Waals surface area (Å²) in [5.41, 5.74) is -0.501. The van der Waals surface area contributed by atoms with Crippen LogP contribution in [-0.4, -0.2) is 57.1 Å². The lowest BCUT2D eigenvalue weighted by Gasteiger charge is -2.49. The Morgan fingerprint density at radius 1 is 0.878 bits per heavy atom. The van der Waals surface area contributed by atoms with Gasteiger partial charge in [0.05, 0.1) is 19.8 Å². The number of fused-ring (bicyclic) bond motifs is 1. The van der Waals surface area contributed by atoms with Gasteiger partial charge in [-0.15, -0.1) is 0 Å². The van der Waals surface area contributed by atoms with Crippen LogP contribution in [0.5, 0.6) is 0 Å². The lowest BCUT2D eigenvalue weighted by molar-refractivity contribution is -0.159. The van der Waals surface area contributed by atoms with Crippen molar-refractivity contribution in [3.05, 3.63) is 145 Å². The topological polar surface area (TPSA) is 82.1 Å². The molecule has 0 saturated carbocycles. The van der Waals surface area contributed by atoms with Crippen molar-refractivity contribution in [1.29, 1.82) is 0 Å². The molecule has 0 unspecified atom stereocenters. The fourth-order valence-corrected chi connectivity index (χ4v) is 14.8. The molecule has 2 aliphatic rings. The average molecular weight is 693 g/mol. The minimum absolute atomic E-state index is 0.0555. The van der Waals surface area contributed by atoms with Crippen molar-refractivity contribution in [2.45, 2.75) is 50.5 Å². The fourth-order valence-electron chi connectivity index (χ4n) is 7.59. The Hall–Kier alpha value is -3.84. The molecule has 254 valence electrons. The van der Waals surface area contributed by atoms with E-state index < -0.39 is 45.2 Å². The standard InChI is InChI=1S/C41H45O6PSi/c1-30-28-36(39(42)45-5)41(43)31(26-27-48(44,32-18-10-6-11-19-32)33-20-12-7-13-21-33)29-46-38(41)37(30)47-49(40(2,3)4,34-22-14-8-15-23-34)35-24-16-9-17-25-35/h6-26,28,36-38,43H,27,29H2,1-5H3/b31-26+/t36-,37+,38+,41+/m0/s1. The van der Waals surface area contributed by atoms with Crippen LogP contribution in [0.2, 0.25) is 5.04 Å². The van der Waals surface area contributed by atoms with Gasteiger partial charge in [-0.25, -0.2) is 0 Å². The molecule has 1 saturated heterocycles. The van der Waals surface area contributed by atoms with Crippen LogP contribution in [0, 0.1) is 5.92 Å². The average Bonchev–Trinajstić information content (AvgIpc) is 3.47. The summed E-state index contributed by atoms with van der Waals surface area (Å²) in [6, 6.07) is 39.5. The van der Waals surface area contributed by atoms with Gasteiger partial charge in [-0.1, -0.05) is 154 Å². The van der Waals surface area contributed by atoms with Gasteiger partial charge < -0.3 is 23.6 Å². The van der Waals surface area contributed by atoms with E-state index in [1.54, 1.807) is 6.08 Å². The van der Waals surface area contributed by atoms with E-state index in [-0.39, 0.29) is 17.8 Å². The number of carbonyl (C=O) groups excluding carboxylic acids is 1. The Morgan fingerprint density at radius 3 is 1.80 bits per heavy atom. The first kappa shape index (κ1) is 35.0. The van der Waals surface area contributed by atoms with Crippen LogP contribution in [0.15, 0.2) is 145 Å². The minimum atomic E-state index is -3.17. The van der Waals surface area contributed by atoms with Crippen molar-refractivity contribution < 1.29 is 28.4 Å². The third-order valence-corrected chi connectivity index (χ3v) is 18.1. The zero-order chi connectivity index (χ0) is 34.9. The van der Waals surface area contributed by atoms with Crippen LogP contribution in [0.25, 0.3) is 0 Å². The maximum absolute atomic E-state index is 14.9. The lowest BCUT2D eigenvalue weighted by atomic mass is 9.71. The molecule has 1 aliphatic heterocycles. The number of ether oxygens (including phenoxy) is 2. The Morgan fingerprint density at radius 2 is 1.35 bits per heavy atom. The molecule has 1 fully saturated rings. The highest BCUT2D eigenvalue weighted by Gasteiger charge is 2.62. The summed E-state index contributed by atoms with van der Waals surface area (Å²) in [6.45, 7) is 8.60. The first-order valence-electron chi connectivity index (χ1n) is 16.8. The molecule has 0 radical (unpaired) electrons. The number of hydrogen-bond donors (Lipinski definition) is 1. The molecule has 0 amide bonds. The molecule has 4 aromatic rings. The molecule has 4 atom stereocenters. The maximum Gasteiger partial charge on any atom is 0.315 e. The molecule has 1 N–H and O–H groups in total. The molecule has 1 aliphatic carbocycles. The number of aliphatic hydroxyl groups is 1. The predicted molar refractivity (Wildman–Crippen MR) is 199 cm³/mol. The molecule has 8 heteroatoms. The largest absolute Gasteiger partial charge is 0.468 e. The van der Waals surface area contributed by atoms with Gasteiger partial charge in [0.25, 0.3) is 8.32 Å². The highest BCUT2D eigenvalue weighted by molar-refractivity contribution is 7.78. The molecule has 49 heavy (non-hydrogen) atoms. The van der Waals surface area contributed by atoms with E-state index in [0.29, 0.717) is 5.57 Å². The number of carbonyl (C=O) groups is 1. The number of hydrogen-bond acceptors (Lipinski definition) is 6. The van der Waals surface area contributed by atoms with E-state index in [1.807, 2.05) is 110 Å². The number of allylic oxidation sites excluding steroid dienone is 1. The molecule has 0 bridgehead atoms. The van der Waals surface area contributed by atoms with E-state index >= 15 is 0 Å². The summed E-state index contributed by atoms with van der Waals surface area (Å²) in [6.07, 6.45) is 2.15. The monoisotopic (exact) mass is 692 g/mol. The van der Waals surface area contributed by atoms with Gasteiger partial charge in [-0.05, 0) is 33.5 Å². The summed E-state index contributed by atoms with van der Waals surface area (Å²) in [7, 11) is -4.94. The normalized spacial score (nSPS) is 23.5. The molecule has 6 rings (SSSR count). The summed E-state index contributed by atoms with van der Waals surface area (Å²) < 4.78 is 34.3. The number of methoxy groups -OCH3 is 1. The Bertz CT molecular complexity index is 1790. The first-order valence-corrected chi connectivity index (χ1v) is 20.6. The molecule has 4 aromatic carbocycles. The van der Waals surface area contributed by atoms with Gasteiger partial charge in [0.15, 0.2) is 0 Å². The van der Waals surface area contributed by atoms with Crippen LogP contribution in [0.1, 0.15) is 27.7 Å². The predicted octanol–water partition coefficient (Wildman–Crippen LogP) is 5.75. The van der Waals surface area contributed by atoms with Crippen LogP contribution in [0.3, 0.4) is 0 Å². The van der Waals surface area contributed by atoms with Gasteiger partial charge >= 0.3 is 5.97 Å². The van der Waals surface area contributed by atoms with Crippen molar-refractivity contribution in [3.63, 3.8) is 0 Å². The molecule has 0 aromatic heterocycles. The Labute approximate surface area is 291 Å². The first-order chi connectivity index (χ1) is 23.5. The van der Waals surface area contributed by atoms with Crippen LogP contribution in [-0.2, 0) is 23.3 Å². The van der Waals surface area contributed by atoms with E-state index in [2.05, 4.69) is 45.0 Å². The quantitative estimate of drug-likeness (QED) is 0.104. The van der Waals surface area contributed by atoms with Crippen molar-refractivity contribution >= 4 is 42.4 Å². The maximum atomic E-state index is 14.9. The van der Waals surface area contributed by atoms with E-state index in [0.717, 1.165) is 26.6 Å². The van der Waals surface area contributed by atoms with Gasteiger partial charge in [0.2, 0.25) is 0 Å².